The van der Waals surface area contributed by atoms with Crippen LogP contribution in [-0.2, 0) is 10.0 Å². The van der Waals surface area contributed by atoms with Crippen LogP contribution in [0.1, 0.15) is 22.3 Å². The van der Waals surface area contributed by atoms with E-state index in [2.05, 4.69) is 28.9 Å². The molecule has 5 nitrogen and oxygen atoms in total. The predicted octanol–water partition coefficient (Wildman–Crippen LogP) is 5.57. The maximum absolute atomic E-state index is 12.9. The molecular formula is C25H25N3O2S. The Hall–Kier alpha value is -3.38. The minimum atomic E-state index is -3.74. The molecule has 1 aromatic heterocycles. The maximum atomic E-state index is 12.9. The maximum Gasteiger partial charge on any atom is 0.263 e. The number of aromatic nitrogens is 2. The molecule has 0 aliphatic heterocycles. The minimum Gasteiger partial charge on any atom is -0.262 e. The Labute approximate surface area is 183 Å². The highest BCUT2D eigenvalue weighted by Crippen LogP contribution is 2.32. The zero-order valence-corrected chi connectivity index (χ0v) is 18.9. The van der Waals surface area contributed by atoms with E-state index in [1.54, 1.807) is 36.4 Å². The van der Waals surface area contributed by atoms with Crippen LogP contribution in [0.15, 0.2) is 77.7 Å². The van der Waals surface area contributed by atoms with Gasteiger partial charge >= 0.3 is 0 Å². The first-order valence-corrected chi connectivity index (χ1v) is 11.6. The van der Waals surface area contributed by atoms with Crippen LogP contribution in [0.2, 0.25) is 0 Å². The number of nitrogens with zero attached hydrogens (tertiary/aromatic N) is 2. The average molecular weight is 432 g/mol. The van der Waals surface area contributed by atoms with Gasteiger partial charge < -0.3 is 0 Å². The molecule has 0 aliphatic carbocycles. The Morgan fingerprint density at radius 1 is 0.774 bits per heavy atom. The standard InChI is InChI=1S/C25H25N3O2S/c1-17-14-19(3)25(20(4)15-17)28-23(22-13-9-8-10-18(22)2)16-24(26-28)27-31(29,30)21-11-6-5-7-12-21/h5-16H,1-4H3,(H,26,27). The van der Waals surface area contributed by atoms with E-state index in [0.717, 1.165) is 33.6 Å². The molecule has 0 unspecified atom stereocenters. The number of nitrogens with one attached hydrogen (secondary N) is 1. The van der Waals surface area contributed by atoms with Gasteiger partial charge in [-0.15, -0.1) is 5.10 Å². The van der Waals surface area contributed by atoms with E-state index < -0.39 is 10.0 Å². The van der Waals surface area contributed by atoms with Crippen LogP contribution in [0.3, 0.4) is 0 Å². The SMILES string of the molecule is Cc1cc(C)c(-n2nc(NS(=O)(=O)c3ccccc3)cc2-c2ccccc2C)c(C)c1. The van der Waals surface area contributed by atoms with E-state index in [1.807, 2.05) is 49.7 Å². The topological polar surface area (TPSA) is 64.0 Å². The van der Waals surface area contributed by atoms with Crippen molar-refractivity contribution in [3.05, 3.63) is 95.1 Å². The third-order valence-corrected chi connectivity index (χ3v) is 6.64. The van der Waals surface area contributed by atoms with Crippen molar-refractivity contribution >= 4 is 15.8 Å². The summed E-state index contributed by atoms with van der Waals surface area (Å²) >= 11 is 0. The molecule has 0 saturated heterocycles. The monoisotopic (exact) mass is 431 g/mol. The third kappa shape index (κ3) is 4.11. The highest BCUT2D eigenvalue weighted by molar-refractivity contribution is 7.92. The molecular weight excluding hydrogens is 406 g/mol. The molecule has 31 heavy (non-hydrogen) atoms. The molecule has 0 saturated carbocycles. The number of sulfonamides is 1. The molecule has 0 atom stereocenters. The van der Waals surface area contributed by atoms with Crippen molar-refractivity contribution in [3.63, 3.8) is 0 Å². The second-order valence-corrected chi connectivity index (χ2v) is 9.49. The summed E-state index contributed by atoms with van der Waals surface area (Å²) in [6.45, 7) is 8.20. The molecule has 0 amide bonds. The number of benzene rings is 3. The summed E-state index contributed by atoms with van der Waals surface area (Å²) in [5.41, 5.74) is 7.20. The number of aryl methyl sites for hydroxylation is 4. The first-order chi connectivity index (χ1) is 14.8. The van der Waals surface area contributed by atoms with E-state index in [1.165, 1.54) is 5.56 Å². The van der Waals surface area contributed by atoms with E-state index in [4.69, 9.17) is 0 Å². The average Bonchev–Trinajstić information content (AvgIpc) is 3.10. The molecule has 0 aliphatic rings. The van der Waals surface area contributed by atoms with Gasteiger partial charge in [0.1, 0.15) is 0 Å². The number of rotatable bonds is 5. The normalized spacial score (nSPS) is 11.5. The molecule has 0 radical (unpaired) electrons. The fraction of sp³-hybridized carbons (Fsp3) is 0.160. The molecule has 1 heterocycles. The van der Waals surface area contributed by atoms with Gasteiger partial charge in [0, 0.05) is 11.6 Å². The molecule has 1 N–H and O–H groups in total. The molecule has 6 heteroatoms. The van der Waals surface area contributed by atoms with Crippen LogP contribution in [0.4, 0.5) is 5.82 Å². The summed E-state index contributed by atoms with van der Waals surface area (Å²) in [5, 5.41) is 4.69. The van der Waals surface area contributed by atoms with Crippen molar-refractivity contribution in [3.8, 4) is 16.9 Å². The summed E-state index contributed by atoms with van der Waals surface area (Å²) in [7, 11) is -3.74. The van der Waals surface area contributed by atoms with E-state index in [9.17, 15) is 8.42 Å². The number of hydrogen-bond donors (Lipinski definition) is 1. The molecule has 3 aromatic carbocycles. The Kier molecular flexibility index (Phi) is 5.41. The van der Waals surface area contributed by atoms with E-state index >= 15 is 0 Å². The predicted molar refractivity (Wildman–Crippen MR) is 125 cm³/mol. The van der Waals surface area contributed by atoms with Crippen LogP contribution in [0.5, 0.6) is 0 Å². The lowest BCUT2D eigenvalue weighted by atomic mass is 10.0. The lowest BCUT2D eigenvalue weighted by Crippen LogP contribution is -2.13. The second kappa shape index (κ2) is 8.04. The largest absolute Gasteiger partial charge is 0.263 e. The van der Waals surface area contributed by atoms with E-state index in [0.29, 0.717) is 0 Å². The Morgan fingerprint density at radius 2 is 1.39 bits per heavy atom. The molecule has 4 aromatic rings. The Morgan fingerprint density at radius 3 is 2.03 bits per heavy atom. The lowest BCUT2D eigenvalue weighted by Gasteiger charge is -2.15. The van der Waals surface area contributed by atoms with Gasteiger partial charge in [0.2, 0.25) is 0 Å². The van der Waals surface area contributed by atoms with Gasteiger partial charge in [-0.05, 0) is 56.5 Å². The highest BCUT2D eigenvalue weighted by atomic mass is 32.2. The van der Waals surface area contributed by atoms with Crippen LogP contribution in [0.25, 0.3) is 16.9 Å². The van der Waals surface area contributed by atoms with Gasteiger partial charge in [-0.2, -0.15) is 0 Å². The smallest absolute Gasteiger partial charge is 0.262 e. The highest BCUT2D eigenvalue weighted by Gasteiger charge is 2.20. The summed E-state index contributed by atoms with van der Waals surface area (Å²) in [6, 6.07) is 22.4. The minimum absolute atomic E-state index is 0.199. The van der Waals surface area contributed by atoms with Crippen molar-refractivity contribution in [2.24, 2.45) is 0 Å². The van der Waals surface area contributed by atoms with Crippen LogP contribution in [0, 0.1) is 27.7 Å². The van der Waals surface area contributed by atoms with Crippen LogP contribution in [-0.4, -0.2) is 18.2 Å². The van der Waals surface area contributed by atoms with Crippen LogP contribution < -0.4 is 4.72 Å². The third-order valence-electron chi connectivity index (χ3n) is 5.27. The summed E-state index contributed by atoms with van der Waals surface area (Å²) in [4.78, 5) is 0.199. The van der Waals surface area contributed by atoms with E-state index in [-0.39, 0.29) is 10.7 Å². The summed E-state index contributed by atoms with van der Waals surface area (Å²) < 4.78 is 30.2. The number of anilines is 1. The number of hydrogen-bond acceptors (Lipinski definition) is 3. The second-order valence-electron chi connectivity index (χ2n) is 7.81. The molecule has 0 bridgehead atoms. The first-order valence-electron chi connectivity index (χ1n) is 10.1. The van der Waals surface area contributed by atoms with Gasteiger partial charge in [-0.1, -0.05) is 60.2 Å². The lowest BCUT2D eigenvalue weighted by molar-refractivity contribution is 0.601. The molecule has 0 spiro atoms. The van der Waals surface area contributed by atoms with Crippen molar-refractivity contribution in [1.29, 1.82) is 0 Å². The summed E-state index contributed by atoms with van der Waals surface area (Å²) in [6.07, 6.45) is 0. The van der Waals surface area contributed by atoms with Crippen molar-refractivity contribution in [2.75, 3.05) is 4.72 Å². The fourth-order valence-electron chi connectivity index (χ4n) is 3.96. The van der Waals surface area contributed by atoms with Crippen LogP contribution >= 0.6 is 0 Å². The Bertz CT molecular complexity index is 1330. The fourth-order valence-corrected chi connectivity index (χ4v) is 4.96. The van der Waals surface area contributed by atoms with Crippen molar-refractivity contribution < 1.29 is 8.42 Å². The van der Waals surface area contributed by atoms with Gasteiger partial charge in [0.05, 0.1) is 16.3 Å². The zero-order chi connectivity index (χ0) is 22.2. The zero-order valence-electron chi connectivity index (χ0n) is 18.0. The van der Waals surface area contributed by atoms with Crippen molar-refractivity contribution in [1.82, 2.24) is 9.78 Å². The molecule has 4 rings (SSSR count). The molecule has 158 valence electrons. The summed E-state index contributed by atoms with van der Waals surface area (Å²) in [5.74, 6) is 0.279. The van der Waals surface area contributed by atoms with Gasteiger partial charge in [-0.25, -0.2) is 13.1 Å². The first kappa shape index (κ1) is 20.9. The van der Waals surface area contributed by atoms with Gasteiger partial charge in [0.25, 0.3) is 10.0 Å². The van der Waals surface area contributed by atoms with Crippen molar-refractivity contribution in [2.45, 2.75) is 32.6 Å². The Balaban J connectivity index is 1.89. The van der Waals surface area contributed by atoms with Gasteiger partial charge in [0.15, 0.2) is 5.82 Å². The molecule has 0 fully saturated rings. The quantitative estimate of drug-likeness (QED) is 0.449. The van der Waals surface area contributed by atoms with Gasteiger partial charge in [-0.3, -0.25) is 4.72 Å².